The second kappa shape index (κ2) is 16.2. The second-order valence-electron chi connectivity index (χ2n) is 17.2. The molecule has 0 spiro atoms. The standard InChI is InChI=1S/C62H46N4/c1-43-24-30-49(31-25-43)63(53-36-38-61-57(41-53)55-20-9-11-22-59(55)65(61)47-15-5-3-6-16-47)50-32-26-45(27-33-50)46-28-34-51(35-29-46)64(52-19-13-14-44(2)40-52)54-37-39-62-58(42-54)56-21-10-12-23-60(56)66(62)48-17-7-4-8-18-48/h3-42H,1-2H3. The molecule has 0 N–H and O–H groups in total. The zero-order valence-electron chi connectivity index (χ0n) is 36.9. The number of nitrogens with zero attached hydrogens (tertiary/aromatic N) is 4. The van der Waals surface area contributed by atoms with Crippen LogP contribution in [0, 0.1) is 13.8 Å². The van der Waals surface area contributed by atoms with Crippen molar-refractivity contribution in [1.82, 2.24) is 9.13 Å². The fourth-order valence-corrected chi connectivity index (χ4v) is 9.87. The molecule has 0 aliphatic rings. The Morgan fingerprint density at radius 3 is 1.11 bits per heavy atom. The van der Waals surface area contributed by atoms with E-state index in [4.69, 9.17) is 0 Å². The van der Waals surface area contributed by atoms with Gasteiger partial charge in [0.15, 0.2) is 0 Å². The Bertz CT molecular complexity index is 3700. The van der Waals surface area contributed by atoms with Crippen molar-refractivity contribution < 1.29 is 0 Å². The number of hydrogen-bond donors (Lipinski definition) is 0. The maximum atomic E-state index is 2.38. The number of aryl methyl sites for hydroxylation is 2. The second-order valence-corrected chi connectivity index (χ2v) is 17.2. The van der Waals surface area contributed by atoms with Crippen LogP contribution in [0.4, 0.5) is 34.1 Å². The molecule has 0 saturated carbocycles. The van der Waals surface area contributed by atoms with Crippen LogP contribution in [-0.4, -0.2) is 9.13 Å². The van der Waals surface area contributed by atoms with Crippen molar-refractivity contribution in [2.45, 2.75) is 13.8 Å². The average Bonchev–Trinajstić information content (AvgIpc) is 3.88. The van der Waals surface area contributed by atoms with Crippen LogP contribution in [0.15, 0.2) is 243 Å². The van der Waals surface area contributed by atoms with Gasteiger partial charge in [-0.15, -0.1) is 0 Å². The lowest BCUT2D eigenvalue weighted by Crippen LogP contribution is -2.10. The molecule has 4 heteroatoms. The summed E-state index contributed by atoms with van der Waals surface area (Å²) >= 11 is 0. The van der Waals surface area contributed by atoms with E-state index >= 15 is 0 Å². The van der Waals surface area contributed by atoms with E-state index in [1.165, 1.54) is 54.7 Å². The summed E-state index contributed by atoms with van der Waals surface area (Å²) in [7, 11) is 0. The van der Waals surface area contributed by atoms with Crippen LogP contribution < -0.4 is 9.80 Å². The molecule has 2 aromatic heterocycles. The molecule has 0 saturated heterocycles. The first-order chi connectivity index (χ1) is 32.6. The lowest BCUT2D eigenvalue weighted by molar-refractivity contribution is 1.18. The SMILES string of the molecule is Cc1ccc(N(c2ccc(-c3ccc(N(c4cccc(C)c4)c4ccc5c(c4)c4ccccc4n5-c4ccccc4)cc3)cc2)c2ccc3c(c2)c2ccccc2n3-c2ccccc2)cc1. The van der Waals surface area contributed by atoms with E-state index in [9.17, 15) is 0 Å². The van der Waals surface area contributed by atoms with Gasteiger partial charge < -0.3 is 18.9 Å². The lowest BCUT2D eigenvalue weighted by atomic mass is 10.0. The Morgan fingerprint density at radius 2 is 0.636 bits per heavy atom. The molecule has 0 atom stereocenters. The minimum absolute atomic E-state index is 1.10. The van der Waals surface area contributed by atoms with E-state index in [1.807, 2.05) is 0 Å². The first kappa shape index (κ1) is 39.0. The molecular formula is C62H46N4. The molecule has 0 aliphatic heterocycles. The average molecular weight is 847 g/mol. The Balaban J connectivity index is 0.912. The summed E-state index contributed by atoms with van der Waals surface area (Å²) in [5.41, 5.74) is 18.5. The van der Waals surface area contributed by atoms with Gasteiger partial charge in [-0.05, 0) is 152 Å². The monoisotopic (exact) mass is 846 g/mol. The number of benzene rings is 10. The van der Waals surface area contributed by atoms with E-state index in [0.717, 1.165) is 56.6 Å². The largest absolute Gasteiger partial charge is 0.310 e. The highest BCUT2D eigenvalue weighted by atomic mass is 15.1. The van der Waals surface area contributed by atoms with Crippen LogP contribution in [-0.2, 0) is 0 Å². The Labute approximate surface area is 385 Å². The lowest BCUT2D eigenvalue weighted by Gasteiger charge is -2.27. The van der Waals surface area contributed by atoms with E-state index in [1.54, 1.807) is 0 Å². The molecule has 0 aliphatic carbocycles. The highest BCUT2D eigenvalue weighted by Crippen LogP contribution is 2.43. The maximum Gasteiger partial charge on any atom is 0.0542 e. The van der Waals surface area contributed by atoms with Gasteiger partial charge in [-0.1, -0.05) is 127 Å². The van der Waals surface area contributed by atoms with Crippen LogP contribution in [0.5, 0.6) is 0 Å². The number of para-hydroxylation sites is 4. The zero-order valence-corrected chi connectivity index (χ0v) is 36.9. The summed E-state index contributed by atoms with van der Waals surface area (Å²) in [4.78, 5) is 4.75. The molecule has 0 unspecified atom stereocenters. The third-order valence-electron chi connectivity index (χ3n) is 13.0. The highest BCUT2D eigenvalue weighted by Gasteiger charge is 2.20. The van der Waals surface area contributed by atoms with E-state index in [0.29, 0.717) is 0 Å². The number of aromatic nitrogens is 2. The van der Waals surface area contributed by atoms with Gasteiger partial charge in [-0.2, -0.15) is 0 Å². The molecule has 314 valence electrons. The number of hydrogen-bond acceptors (Lipinski definition) is 2. The van der Waals surface area contributed by atoms with Crippen molar-refractivity contribution in [2.75, 3.05) is 9.80 Å². The molecule has 12 aromatic rings. The summed E-state index contributed by atoms with van der Waals surface area (Å²) in [5.74, 6) is 0. The Hall–Kier alpha value is -8.60. The predicted molar refractivity (Wildman–Crippen MR) is 279 cm³/mol. The van der Waals surface area contributed by atoms with Crippen LogP contribution in [0.25, 0.3) is 66.1 Å². The van der Waals surface area contributed by atoms with Crippen LogP contribution in [0.2, 0.25) is 0 Å². The van der Waals surface area contributed by atoms with Crippen LogP contribution >= 0.6 is 0 Å². The predicted octanol–water partition coefficient (Wildman–Crippen LogP) is 17.1. The van der Waals surface area contributed by atoms with Gasteiger partial charge in [0, 0.05) is 67.0 Å². The maximum absolute atomic E-state index is 2.38. The summed E-state index contributed by atoms with van der Waals surface area (Å²) in [6.45, 7) is 4.30. The minimum Gasteiger partial charge on any atom is -0.310 e. The zero-order chi connectivity index (χ0) is 44.1. The van der Waals surface area contributed by atoms with Crippen LogP contribution in [0.3, 0.4) is 0 Å². The van der Waals surface area contributed by atoms with Crippen molar-refractivity contribution in [1.29, 1.82) is 0 Å². The molecule has 0 fully saturated rings. The summed E-state index contributed by atoms with van der Waals surface area (Å²) in [6.07, 6.45) is 0. The number of fused-ring (bicyclic) bond motifs is 6. The van der Waals surface area contributed by atoms with Gasteiger partial charge in [0.2, 0.25) is 0 Å². The van der Waals surface area contributed by atoms with Gasteiger partial charge in [0.1, 0.15) is 0 Å². The van der Waals surface area contributed by atoms with Gasteiger partial charge in [-0.25, -0.2) is 0 Å². The first-order valence-electron chi connectivity index (χ1n) is 22.7. The first-order valence-corrected chi connectivity index (χ1v) is 22.7. The van der Waals surface area contributed by atoms with Crippen molar-refractivity contribution in [2.24, 2.45) is 0 Å². The van der Waals surface area contributed by atoms with Crippen molar-refractivity contribution in [3.8, 4) is 22.5 Å². The van der Waals surface area contributed by atoms with E-state index in [-0.39, 0.29) is 0 Å². The topological polar surface area (TPSA) is 16.3 Å². The fraction of sp³-hybridized carbons (Fsp3) is 0.0323. The smallest absolute Gasteiger partial charge is 0.0542 e. The molecule has 66 heavy (non-hydrogen) atoms. The molecule has 0 radical (unpaired) electrons. The van der Waals surface area contributed by atoms with Crippen LogP contribution in [0.1, 0.15) is 11.1 Å². The normalized spacial score (nSPS) is 11.5. The highest BCUT2D eigenvalue weighted by molar-refractivity contribution is 6.12. The summed E-state index contributed by atoms with van der Waals surface area (Å²) in [6, 6.07) is 88.1. The third kappa shape index (κ3) is 6.79. The molecular weight excluding hydrogens is 801 g/mol. The van der Waals surface area contributed by atoms with Gasteiger partial charge in [-0.3, -0.25) is 0 Å². The molecule has 4 nitrogen and oxygen atoms in total. The molecule has 0 bridgehead atoms. The quantitative estimate of drug-likeness (QED) is 0.144. The Kier molecular flexibility index (Phi) is 9.57. The van der Waals surface area contributed by atoms with Gasteiger partial charge >= 0.3 is 0 Å². The third-order valence-corrected chi connectivity index (χ3v) is 13.0. The van der Waals surface area contributed by atoms with Crippen molar-refractivity contribution in [3.63, 3.8) is 0 Å². The summed E-state index contributed by atoms with van der Waals surface area (Å²) < 4.78 is 4.74. The Morgan fingerprint density at radius 1 is 0.258 bits per heavy atom. The fourth-order valence-electron chi connectivity index (χ4n) is 9.87. The minimum atomic E-state index is 1.10. The number of anilines is 6. The van der Waals surface area contributed by atoms with Crippen molar-refractivity contribution in [3.05, 3.63) is 254 Å². The molecule has 0 amide bonds. The van der Waals surface area contributed by atoms with Gasteiger partial charge in [0.25, 0.3) is 0 Å². The molecule has 2 heterocycles. The van der Waals surface area contributed by atoms with E-state index in [2.05, 4.69) is 275 Å². The van der Waals surface area contributed by atoms with E-state index < -0.39 is 0 Å². The number of rotatable bonds is 9. The molecule has 12 rings (SSSR count). The van der Waals surface area contributed by atoms with Crippen molar-refractivity contribution >= 4 is 77.7 Å². The molecule has 10 aromatic carbocycles. The summed E-state index contributed by atoms with van der Waals surface area (Å²) in [5, 5.41) is 4.91. The van der Waals surface area contributed by atoms with Gasteiger partial charge in [0.05, 0.1) is 22.1 Å².